The number of aryl methyl sites for hydroxylation is 1. The number of carboxylic acid groups (broad SMARTS) is 1. The molecule has 0 amide bonds. The Morgan fingerprint density at radius 3 is 2.73 bits per heavy atom. The second kappa shape index (κ2) is 12.7. The van der Waals surface area contributed by atoms with Gasteiger partial charge in [-0.15, -0.1) is 0 Å². The summed E-state index contributed by atoms with van der Waals surface area (Å²) in [5, 5.41) is 22.1. The third kappa shape index (κ3) is 7.18. The first-order valence-corrected chi connectivity index (χ1v) is 13.4. The Kier molecular flexibility index (Phi) is 9.35. The summed E-state index contributed by atoms with van der Waals surface area (Å²) in [6.07, 6.45) is 10.5. The molecule has 0 saturated carbocycles. The fourth-order valence-electron chi connectivity index (χ4n) is 5.52. The summed E-state index contributed by atoms with van der Waals surface area (Å²) >= 11 is 6.49. The quantitative estimate of drug-likeness (QED) is 0.293. The third-order valence-electron chi connectivity index (χ3n) is 7.71. The van der Waals surface area contributed by atoms with Crippen LogP contribution < -0.4 is 4.74 Å². The summed E-state index contributed by atoms with van der Waals surface area (Å²) in [6.45, 7) is 2.78. The van der Waals surface area contributed by atoms with Crippen LogP contribution in [0.3, 0.4) is 0 Å². The normalized spacial score (nSPS) is 16.5. The zero-order chi connectivity index (χ0) is 26.3. The van der Waals surface area contributed by atoms with E-state index >= 15 is 0 Å². The zero-order valence-corrected chi connectivity index (χ0v) is 22.2. The van der Waals surface area contributed by atoms with E-state index in [0.29, 0.717) is 29.2 Å². The summed E-state index contributed by atoms with van der Waals surface area (Å²) in [6, 6.07) is 9.60. The van der Waals surface area contributed by atoms with Gasteiger partial charge < -0.3 is 19.8 Å². The Bertz CT molecular complexity index is 1180. The van der Waals surface area contributed by atoms with E-state index in [2.05, 4.69) is 20.9 Å². The maximum absolute atomic E-state index is 11.8. The van der Waals surface area contributed by atoms with Crippen molar-refractivity contribution in [2.75, 3.05) is 26.7 Å². The van der Waals surface area contributed by atoms with Crippen molar-refractivity contribution >= 4 is 28.5 Å². The van der Waals surface area contributed by atoms with Gasteiger partial charge in [0.15, 0.2) is 0 Å². The van der Waals surface area contributed by atoms with E-state index in [-0.39, 0.29) is 11.8 Å². The molecule has 8 heteroatoms. The van der Waals surface area contributed by atoms with Crippen LogP contribution in [0.5, 0.6) is 5.75 Å². The van der Waals surface area contributed by atoms with Gasteiger partial charge in [-0.3, -0.25) is 14.8 Å². The van der Waals surface area contributed by atoms with Gasteiger partial charge in [-0.2, -0.15) is 0 Å². The van der Waals surface area contributed by atoms with E-state index in [1.54, 1.807) is 19.5 Å². The number of fused-ring (bicyclic) bond motifs is 1. The predicted octanol–water partition coefficient (Wildman–Crippen LogP) is 5.69. The van der Waals surface area contributed by atoms with Crippen LogP contribution >= 0.6 is 11.6 Å². The highest BCUT2D eigenvalue weighted by molar-refractivity contribution is 6.32. The van der Waals surface area contributed by atoms with Crippen LogP contribution in [0.1, 0.15) is 62.2 Å². The van der Waals surface area contributed by atoms with Gasteiger partial charge in [-0.1, -0.05) is 17.7 Å². The van der Waals surface area contributed by atoms with Crippen LogP contribution in [0.25, 0.3) is 10.9 Å². The van der Waals surface area contributed by atoms with Crippen molar-refractivity contribution in [1.29, 1.82) is 0 Å². The van der Waals surface area contributed by atoms with Gasteiger partial charge in [0.2, 0.25) is 0 Å². The number of carbonyl (C=O) groups is 1. The standard InChI is InChI=1S/C29H36ClN3O4/c1-37-22-7-8-25-23(17-22)28(24(30)20-32-25)26(34)9-10-29(18-27(35)36)11-15-33(16-12-29)14-3-2-5-21-6-4-13-31-19-21/h4,6-8,13,17,19-20,26,34H,2-3,5,9-12,14-16,18H2,1H3,(H,35,36)/t26-/m1/s1. The molecule has 7 nitrogen and oxygen atoms in total. The number of aliphatic hydroxyl groups excluding tert-OH is 1. The molecule has 1 saturated heterocycles. The molecule has 1 fully saturated rings. The number of ether oxygens (including phenoxy) is 1. The summed E-state index contributed by atoms with van der Waals surface area (Å²) in [5.74, 6) is -0.114. The van der Waals surface area contributed by atoms with Crippen molar-refractivity contribution in [3.05, 3.63) is 65.1 Å². The second-order valence-electron chi connectivity index (χ2n) is 10.2. The molecule has 3 aromatic rings. The maximum atomic E-state index is 11.8. The Morgan fingerprint density at radius 2 is 2.03 bits per heavy atom. The topological polar surface area (TPSA) is 95.8 Å². The second-order valence-corrected chi connectivity index (χ2v) is 10.6. The van der Waals surface area contributed by atoms with E-state index in [0.717, 1.165) is 62.6 Å². The smallest absolute Gasteiger partial charge is 0.303 e. The molecule has 0 radical (unpaired) electrons. The summed E-state index contributed by atoms with van der Waals surface area (Å²) in [5.41, 5.74) is 2.30. The Labute approximate surface area is 223 Å². The lowest BCUT2D eigenvalue weighted by Crippen LogP contribution is -2.41. The molecule has 0 aliphatic carbocycles. The molecule has 2 N–H and O–H groups in total. The first-order chi connectivity index (χ1) is 17.9. The first kappa shape index (κ1) is 27.3. The van der Waals surface area contributed by atoms with Gasteiger partial charge in [0.05, 0.1) is 30.2 Å². The van der Waals surface area contributed by atoms with Gasteiger partial charge in [0.25, 0.3) is 0 Å². The minimum Gasteiger partial charge on any atom is -0.497 e. The summed E-state index contributed by atoms with van der Waals surface area (Å²) in [7, 11) is 1.60. The summed E-state index contributed by atoms with van der Waals surface area (Å²) < 4.78 is 5.35. The SMILES string of the molecule is COc1ccc2ncc(Cl)c([C@H](O)CCC3(CC(=O)O)CCN(CCCCc4cccnc4)CC3)c2c1. The molecule has 1 atom stereocenters. The number of piperidine rings is 1. The number of aliphatic hydroxyl groups is 1. The molecular formula is C29H36ClN3O4. The van der Waals surface area contributed by atoms with Gasteiger partial charge in [-0.25, -0.2) is 0 Å². The molecular weight excluding hydrogens is 490 g/mol. The highest BCUT2D eigenvalue weighted by Crippen LogP contribution is 2.43. The number of likely N-dealkylation sites (tertiary alicyclic amines) is 1. The number of rotatable bonds is 12. The molecule has 0 bridgehead atoms. The number of aliphatic carboxylic acids is 1. The number of hydrogen-bond donors (Lipinski definition) is 2. The number of benzene rings is 1. The molecule has 4 rings (SSSR count). The number of hydrogen-bond acceptors (Lipinski definition) is 6. The molecule has 1 aromatic carbocycles. The Balaban J connectivity index is 1.35. The van der Waals surface area contributed by atoms with E-state index in [4.69, 9.17) is 16.3 Å². The van der Waals surface area contributed by atoms with Gasteiger partial charge in [0, 0.05) is 29.5 Å². The molecule has 0 unspecified atom stereocenters. The van der Waals surface area contributed by atoms with Crippen LogP contribution in [-0.4, -0.2) is 57.8 Å². The van der Waals surface area contributed by atoms with Crippen LogP contribution in [0.15, 0.2) is 48.9 Å². The number of nitrogens with zero attached hydrogens (tertiary/aromatic N) is 3. The molecule has 0 spiro atoms. The minimum atomic E-state index is -0.818. The van der Waals surface area contributed by atoms with E-state index < -0.39 is 12.1 Å². The van der Waals surface area contributed by atoms with Crippen molar-refractivity contribution in [1.82, 2.24) is 14.9 Å². The van der Waals surface area contributed by atoms with Crippen molar-refractivity contribution < 1.29 is 19.7 Å². The number of carboxylic acids is 1. The van der Waals surface area contributed by atoms with Crippen molar-refractivity contribution in [3.8, 4) is 5.75 Å². The largest absolute Gasteiger partial charge is 0.497 e. The van der Waals surface area contributed by atoms with E-state index in [9.17, 15) is 15.0 Å². The van der Waals surface area contributed by atoms with E-state index in [1.807, 2.05) is 30.5 Å². The van der Waals surface area contributed by atoms with Gasteiger partial charge in [-0.05, 0) is 99.8 Å². The van der Waals surface area contributed by atoms with Crippen molar-refractivity contribution in [3.63, 3.8) is 0 Å². The molecule has 37 heavy (non-hydrogen) atoms. The average molecular weight is 526 g/mol. The molecule has 1 aliphatic heterocycles. The lowest BCUT2D eigenvalue weighted by molar-refractivity contribution is -0.141. The summed E-state index contributed by atoms with van der Waals surface area (Å²) in [4.78, 5) is 22.8. The third-order valence-corrected chi connectivity index (χ3v) is 8.01. The zero-order valence-electron chi connectivity index (χ0n) is 21.4. The van der Waals surface area contributed by atoms with Crippen LogP contribution in [0.4, 0.5) is 0 Å². The predicted molar refractivity (Wildman–Crippen MR) is 145 cm³/mol. The maximum Gasteiger partial charge on any atom is 0.303 e. The molecule has 1 aliphatic rings. The number of unbranched alkanes of at least 4 members (excludes halogenated alkanes) is 1. The van der Waals surface area contributed by atoms with Crippen LogP contribution in [0.2, 0.25) is 5.02 Å². The monoisotopic (exact) mass is 525 g/mol. The van der Waals surface area contributed by atoms with E-state index in [1.165, 1.54) is 5.56 Å². The minimum absolute atomic E-state index is 0.118. The first-order valence-electron chi connectivity index (χ1n) is 13.0. The lowest BCUT2D eigenvalue weighted by atomic mass is 9.71. The fourth-order valence-corrected chi connectivity index (χ4v) is 5.79. The fraction of sp³-hybridized carbons (Fsp3) is 0.483. The number of methoxy groups -OCH3 is 1. The molecule has 3 heterocycles. The highest BCUT2D eigenvalue weighted by Gasteiger charge is 2.37. The molecule has 2 aromatic heterocycles. The average Bonchev–Trinajstić information content (AvgIpc) is 2.90. The Hall–Kier alpha value is -2.74. The lowest BCUT2D eigenvalue weighted by Gasteiger charge is -2.41. The van der Waals surface area contributed by atoms with Crippen molar-refractivity contribution in [2.24, 2.45) is 5.41 Å². The van der Waals surface area contributed by atoms with Crippen molar-refractivity contribution in [2.45, 2.75) is 57.5 Å². The number of halogens is 1. The highest BCUT2D eigenvalue weighted by atomic mass is 35.5. The van der Waals surface area contributed by atoms with Crippen LogP contribution in [-0.2, 0) is 11.2 Å². The van der Waals surface area contributed by atoms with Gasteiger partial charge in [0.1, 0.15) is 5.75 Å². The Morgan fingerprint density at radius 1 is 1.22 bits per heavy atom. The number of pyridine rings is 2. The molecule has 198 valence electrons. The van der Waals surface area contributed by atoms with Gasteiger partial charge >= 0.3 is 5.97 Å². The van der Waals surface area contributed by atoms with Crippen LogP contribution in [0, 0.1) is 5.41 Å². The number of aromatic nitrogens is 2.